The van der Waals surface area contributed by atoms with Gasteiger partial charge in [-0.1, -0.05) is 48.5 Å². The highest BCUT2D eigenvalue weighted by Crippen LogP contribution is 2.50. The van der Waals surface area contributed by atoms with Gasteiger partial charge in [0.15, 0.2) is 5.65 Å². The fourth-order valence-corrected chi connectivity index (χ4v) is 6.52. The van der Waals surface area contributed by atoms with Gasteiger partial charge in [0.2, 0.25) is 0 Å². The molecule has 0 saturated carbocycles. The molecule has 162 valence electrons. The van der Waals surface area contributed by atoms with Gasteiger partial charge in [0.25, 0.3) is 0 Å². The van der Waals surface area contributed by atoms with Crippen molar-refractivity contribution in [1.29, 1.82) is 0 Å². The molecule has 35 heavy (non-hydrogen) atoms. The van der Waals surface area contributed by atoms with Gasteiger partial charge < -0.3 is 0 Å². The fraction of sp³-hybridized carbons (Fsp3) is 0.0645. The Balaban J connectivity index is 1.42. The molecule has 4 aromatic heterocycles. The molecule has 9 rings (SSSR count). The van der Waals surface area contributed by atoms with Crippen LogP contribution in [0, 0.1) is 0 Å². The quantitative estimate of drug-likeness (QED) is 0.243. The summed E-state index contributed by atoms with van der Waals surface area (Å²) in [4.78, 5) is 14.5. The molecule has 0 fully saturated rings. The average Bonchev–Trinajstić information content (AvgIpc) is 3.59. The summed E-state index contributed by atoms with van der Waals surface area (Å²) in [5.74, 6) is 0. The summed E-state index contributed by atoms with van der Waals surface area (Å²) in [6.45, 7) is 0. The molecular weight excluding hydrogens is 428 g/mol. The monoisotopic (exact) mass is 446 g/mol. The first kappa shape index (κ1) is 17.8. The average molecular weight is 447 g/mol. The number of fused-ring (bicyclic) bond motifs is 16. The normalized spacial score (nSPS) is 13.5. The molecule has 4 nitrogen and oxygen atoms in total. The van der Waals surface area contributed by atoms with Gasteiger partial charge >= 0.3 is 0 Å². The first-order valence-corrected chi connectivity index (χ1v) is 12.0. The van der Waals surface area contributed by atoms with Crippen molar-refractivity contribution < 1.29 is 0 Å². The van der Waals surface area contributed by atoms with E-state index in [1.54, 1.807) is 0 Å². The lowest BCUT2D eigenvalue weighted by Gasteiger charge is -2.10. The standard InChI is InChI=1S/C31H18N4/c1-2-5-20-17(4-1)14-18-7-8-19-15-24-22(28(19)27(18)20)9-10-25-29(24)34-31-30-23(6-3-12-33-30)21-11-13-32-16-26(21)35(25)31/h1-13,16H,14-15H2. The summed E-state index contributed by atoms with van der Waals surface area (Å²) in [7, 11) is 0. The van der Waals surface area contributed by atoms with Gasteiger partial charge in [-0.25, -0.2) is 4.98 Å². The molecule has 4 heterocycles. The molecule has 7 aromatic rings. The highest BCUT2D eigenvalue weighted by molar-refractivity contribution is 6.12. The molecular formula is C31H18N4. The molecule has 0 saturated heterocycles. The number of aromatic nitrogens is 4. The highest BCUT2D eigenvalue weighted by Gasteiger charge is 2.30. The van der Waals surface area contributed by atoms with Gasteiger partial charge in [-0.05, 0) is 69.1 Å². The lowest BCUT2D eigenvalue weighted by molar-refractivity contribution is 1.24. The predicted octanol–water partition coefficient (Wildman–Crippen LogP) is 6.73. The van der Waals surface area contributed by atoms with Crippen molar-refractivity contribution in [2.45, 2.75) is 12.8 Å². The van der Waals surface area contributed by atoms with E-state index in [1.165, 1.54) is 44.5 Å². The van der Waals surface area contributed by atoms with Crippen molar-refractivity contribution in [3.63, 3.8) is 0 Å². The van der Waals surface area contributed by atoms with Gasteiger partial charge in [-0.15, -0.1) is 0 Å². The van der Waals surface area contributed by atoms with Gasteiger partial charge in [0.05, 0.1) is 22.7 Å². The molecule has 0 atom stereocenters. The molecule has 2 aliphatic carbocycles. The Morgan fingerprint density at radius 2 is 1.51 bits per heavy atom. The Hall–Kier alpha value is -4.57. The van der Waals surface area contributed by atoms with Crippen LogP contribution in [0.15, 0.2) is 85.3 Å². The largest absolute Gasteiger partial charge is 0.289 e. The topological polar surface area (TPSA) is 43.1 Å². The van der Waals surface area contributed by atoms with E-state index in [2.05, 4.69) is 70.0 Å². The zero-order valence-corrected chi connectivity index (χ0v) is 18.8. The number of nitrogens with zero attached hydrogens (tertiary/aromatic N) is 4. The SMILES string of the molecule is c1ccc2c(c1)Cc1ccc3c(c1-2)-c1ccc2c(nc4c5ncccc5c5ccncc5n24)c1C3. The van der Waals surface area contributed by atoms with Crippen LogP contribution in [0.5, 0.6) is 0 Å². The van der Waals surface area contributed by atoms with Crippen LogP contribution in [0.1, 0.15) is 22.3 Å². The predicted molar refractivity (Wildman–Crippen MR) is 140 cm³/mol. The number of rotatable bonds is 0. The van der Waals surface area contributed by atoms with Crippen molar-refractivity contribution >= 4 is 38.5 Å². The molecule has 0 radical (unpaired) electrons. The van der Waals surface area contributed by atoms with Crippen molar-refractivity contribution in [3.8, 4) is 22.3 Å². The number of hydrogen-bond acceptors (Lipinski definition) is 3. The minimum absolute atomic E-state index is 0.899. The third-order valence-corrected chi connectivity index (χ3v) is 7.96. The van der Waals surface area contributed by atoms with Crippen molar-refractivity contribution in [3.05, 3.63) is 108 Å². The van der Waals surface area contributed by atoms with E-state index >= 15 is 0 Å². The van der Waals surface area contributed by atoms with E-state index < -0.39 is 0 Å². The zero-order chi connectivity index (χ0) is 22.7. The van der Waals surface area contributed by atoms with Crippen molar-refractivity contribution in [2.75, 3.05) is 0 Å². The number of hydrogen-bond donors (Lipinski definition) is 0. The molecule has 4 heteroatoms. The lowest BCUT2D eigenvalue weighted by atomic mass is 9.94. The van der Waals surface area contributed by atoms with Crippen LogP contribution in [0.25, 0.3) is 60.7 Å². The molecule has 0 bridgehead atoms. The first-order chi connectivity index (χ1) is 17.4. The smallest absolute Gasteiger partial charge is 0.165 e. The molecule has 2 aliphatic rings. The summed E-state index contributed by atoms with van der Waals surface area (Å²) in [5, 5.41) is 2.26. The van der Waals surface area contributed by atoms with Crippen LogP contribution in [0.4, 0.5) is 0 Å². The zero-order valence-electron chi connectivity index (χ0n) is 18.8. The Morgan fingerprint density at radius 1 is 0.629 bits per heavy atom. The summed E-state index contributed by atoms with van der Waals surface area (Å²) in [6, 6.07) is 24.3. The molecule has 0 spiro atoms. The summed E-state index contributed by atoms with van der Waals surface area (Å²) in [6.07, 6.45) is 7.58. The number of pyridine rings is 3. The maximum absolute atomic E-state index is 5.26. The minimum atomic E-state index is 0.899. The Kier molecular flexibility index (Phi) is 3.11. The van der Waals surface area contributed by atoms with Crippen LogP contribution in [-0.4, -0.2) is 19.4 Å². The van der Waals surface area contributed by atoms with Crippen molar-refractivity contribution in [2.24, 2.45) is 0 Å². The highest BCUT2D eigenvalue weighted by atomic mass is 15.0. The van der Waals surface area contributed by atoms with Crippen LogP contribution in [-0.2, 0) is 12.8 Å². The second kappa shape index (κ2) is 6.10. The van der Waals surface area contributed by atoms with E-state index in [0.29, 0.717) is 0 Å². The first-order valence-electron chi connectivity index (χ1n) is 12.0. The summed E-state index contributed by atoms with van der Waals surface area (Å²) in [5.41, 5.74) is 16.2. The third-order valence-electron chi connectivity index (χ3n) is 7.96. The number of benzene rings is 3. The van der Waals surface area contributed by atoms with Gasteiger partial charge in [-0.3, -0.25) is 14.4 Å². The Morgan fingerprint density at radius 3 is 2.49 bits per heavy atom. The third kappa shape index (κ3) is 2.11. The van der Waals surface area contributed by atoms with Crippen LogP contribution in [0.2, 0.25) is 0 Å². The van der Waals surface area contributed by atoms with Crippen LogP contribution < -0.4 is 0 Å². The maximum Gasteiger partial charge on any atom is 0.165 e. The van der Waals surface area contributed by atoms with Gasteiger partial charge in [0.1, 0.15) is 5.52 Å². The van der Waals surface area contributed by atoms with Crippen LogP contribution in [0.3, 0.4) is 0 Å². The van der Waals surface area contributed by atoms with E-state index in [-0.39, 0.29) is 0 Å². The van der Waals surface area contributed by atoms with Gasteiger partial charge in [-0.2, -0.15) is 0 Å². The van der Waals surface area contributed by atoms with E-state index in [9.17, 15) is 0 Å². The van der Waals surface area contributed by atoms with Crippen molar-refractivity contribution in [1.82, 2.24) is 19.4 Å². The Labute approximate surface area is 200 Å². The van der Waals surface area contributed by atoms with Crippen LogP contribution >= 0.6 is 0 Å². The van der Waals surface area contributed by atoms with Gasteiger partial charge in [0, 0.05) is 29.6 Å². The van der Waals surface area contributed by atoms with E-state index in [0.717, 1.165) is 51.3 Å². The minimum Gasteiger partial charge on any atom is -0.289 e. The second-order valence-corrected chi connectivity index (χ2v) is 9.67. The summed E-state index contributed by atoms with van der Waals surface area (Å²) >= 11 is 0. The molecule has 0 aliphatic heterocycles. The Bertz CT molecular complexity index is 2070. The van der Waals surface area contributed by atoms with E-state index in [1.807, 2.05) is 24.7 Å². The lowest BCUT2D eigenvalue weighted by Crippen LogP contribution is -1.93. The summed E-state index contributed by atoms with van der Waals surface area (Å²) < 4.78 is 2.25. The maximum atomic E-state index is 5.26. The molecule has 0 unspecified atom stereocenters. The second-order valence-electron chi connectivity index (χ2n) is 9.67. The van der Waals surface area contributed by atoms with E-state index in [4.69, 9.17) is 9.97 Å². The molecule has 3 aromatic carbocycles. The fourth-order valence-electron chi connectivity index (χ4n) is 6.52. The molecule has 0 N–H and O–H groups in total. The number of imidazole rings is 1. The molecule has 0 amide bonds.